The van der Waals surface area contributed by atoms with E-state index in [1.165, 1.54) is 12.8 Å². The average molecular weight is 317 g/mol. The van der Waals surface area contributed by atoms with Crippen LogP contribution >= 0.6 is 15.9 Å². The number of halogens is 1. The monoisotopic (exact) mass is 316 g/mol. The molecule has 1 aliphatic rings. The van der Waals surface area contributed by atoms with Gasteiger partial charge in [0.25, 0.3) is 0 Å². The van der Waals surface area contributed by atoms with Crippen LogP contribution in [0.3, 0.4) is 0 Å². The molecule has 18 heavy (non-hydrogen) atoms. The van der Waals surface area contributed by atoms with Crippen LogP contribution in [0.1, 0.15) is 44.5 Å². The summed E-state index contributed by atoms with van der Waals surface area (Å²) in [6.45, 7) is 4.21. The van der Waals surface area contributed by atoms with Gasteiger partial charge in [0, 0.05) is 13.2 Å². The van der Waals surface area contributed by atoms with Gasteiger partial charge in [-0.05, 0) is 48.5 Å². The van der Waals surface area contributed by atoms with Crippen LogP contribution in [0.25, 0.3) is 0 Å². The Kier molecular flexibility index (Phi) is 4.42. The zero-order chi connectivity index (χ0) is 13.3. The minimum absolute atomic E-state index is 0.0400. The third-order valence-corrected chi connectivity index (χ3v) is 4.05. The Bertz CT molecular complexity index is 403. The zero-order valence-corrected chi connectivity index (χ0v) is 12.6. The quantitative estimate of drug-likeness (QED) is 0.623. The fourth-order valence-corrected chi connectivity index (χ4v) is 2.93. The van der Waals surface area contributed by atoms with Gasteiger partial charge in [0.15, 0.2) is 0 Å². The molecule has 2 atom stereocenters. The number of methoxy groups -OCH3 is 1. The standard InChI is InChI=1S/C12H21BrN4O/c1-7(2)17-11(9(13)6-15-17)10(16-14)12(18-3)8-4-5-8/h6-8,10,12,16H,4-5,14H2,1-3H3. The van der Waals surface area contributed by atoms with Gasteiger partial charge >= 0.3 is 0 Å². The van der Waals surface area contributed by atoms with Crippen molar-refractivity contribution in [2.24, 2.45) is 11.8 Å². The fraction of sp³-hybridized carbons (Fsp3) is 0.750. The summed E-state index contributed by atoms with van der Waals surface area (Å²) >= 11 is 3.56. The molecule has 0 bridgehead atoms. The SMILES string of the molecule is COC(C1CC1)C(NN)c1c(Br)cnn1C(C)C. The maximum absolute atomic E-state index is 5.75. The van der Waals surface area contributed by atoms with Crippen molar-refractivity contribution in [2.45, 2.75) is 44.9 Å². The highest BCUT2D eigenvalue weighted by molar-refractivity contribution is 9.10. The molecule has 1 fully saturated rings. The molecule has 6 heteroatoms. The number of nitrogens with zero attached hydrogens (tertiary/aromatic N) is 2. The molecule has 1 aromatic rings. The lowest BCUT2D eigenvalue weighted by molar-refractivity contribution is 0.0473. The Morgan fingerprint density at radius 2 is 2.22 bits per heavy atom. The van der Waals surface area contributed by atoms with Gasteiger partial charge in [0.1, 0.15) is 0 Å². The summed E-state index contributed by atoms with van der Waals surface area (Å²) in [7, 11) is 1.75. The van der Waals surface area contributed by atoms with Gasteiger partial charge in [0.05, 0.1) is 28.5 Å². The van der Waals surface area contributed by atoms with Crippen molar-refractivity contribution in [3.8, 4) is 0 Å². The second-order valence-electron chi connectivity index (χ2n) is 5.10. The Morgan fingerprint density at radius 1 is 1.56 bits per heavy atom. The average Bonchev–Trinajstić information content (AvgIpc) is 3.09. The third-order valence-electron chi connectivity index (χ3n) is 3.44. The number of ether oxygens (including phenoxy) is 1. The molecule has 102 valence electrons. The highest BCUT2D eigenvalue weighted by Crippen LogP contribution is 2.41. The molecule has 1 aromatic heterocycles. The molecule has 1 heterocycles. The van der Waals surface area contributed by atoms with E-state index >= 15 is 0 Å². The molecule has 0 spiro atoms. The van der Waals surface area contributed by atoms with Gasteiger partial charge in [-0.1, -0.05) is 0 Å². The van der Waals surface area contributed by atoms with Gasteiger partial charge in [-0.2, -0.15) is 5.10 Å². The predicted molar refractivity (Wildman–Crippen MR) is 73.9 cm³/mol. The molecular weight excluding hydrogens is 296 g/mol. The molecular formula is C12H21BrN4O. The molecule has 0 saturated heterocycles. The molecule has 5 nitrogen and oxygen atoms in total. The second-order valence-corrected chi connectivity index (χ2v) is 5.95. The number of aromatic nitrogens is 2. The van der Waals surface area contributed by atoms with Gasteiger partial charge in [-0.25, -0.2) is 5.43 Å². The molecule has 0 radical (unpaired) electrons. The van der Waals surface area contributed by atoms with Gasteiger partial charge in [-0.3, -0.25) is 10.5 Å². The highest BCUT2D eigenvalue weighted by atomic mass is 79.9. The molecule has 0 amide bonds. The summed E-state index contributed by atoms with van der Waals surface area (Å²) in [4.78, 5) is 0. The highest BCUT2D eigenvalue weighted by Gasteiger charge is 2.39. The number of hydrogen-bond acceptors (Lipinski definition) is 4. The maximum Gasteiger partial charge on any atom is 0.0904 e. The second kappa shape index (κ2) is 5.69. The number of rotatable bonds is 6. The molecule has 3 N–H and O–H groups in total. The summed E-state index contributed by atoms with van der Waals surface area (Å²) < 4.78 is 8.60. The molecule has 2 unspecified atom stereocenters. The fourth-order valence-electron chi connectivity index (χ4n) is 2.41. The first-order chi connectivity index (χ1) is 8.60. The van der Waals surface area contributed by atoms with E-state index in [2.05, 4.69) is 40.3 Å². The molecule has 0 aliphatic heterocycles. The van der Waals surface area contributed by atoms with Crippen LogP contribution in [0.4, 0.5) is 0 Å². The maximum atomic E-state index is 5.75. The van der Waals surface area contributed by atoms with E-state index < -0.39 is 0 Å². The lowest BCUT2D eigenvalue weighted by Gasteiger charge is -2.27. The zero-order valence-electron chi connectivity index (χ0n) is 11.1. The van der Waals surface area contributed by atoms with Crippen LogP contribution in [0, 0.1) is 5.92 Å². The van der Waals surface area contributed by atoms with Crippen LogP contribution in [-0.2, 0) is 4.74 Å². The van der Waals surface area contributed by atoms with Crippen molar-refractivity contribution in [3.05, 3.63) is 16.4 Å². The van der Waals surface area contributed by atoms with Gasteiger partial charge < -0.3 is 4.74 Å². The topological polar surface area (TPSA) is 65.1 Å². The third kappa shape index (κ3) is 2.61. The number of nitrogens with one attached hydrogen (secondary N) is 1. The summed E-state index contributed by atoms with van der Waals surface area (Å²) in [5.41, 5.74) is 3.96. The smallest absolute Gasteiger partial charge is 0.0904 e. The van der Waals surface area contributed by atoms with Crippen molar-refractivity contribution in [2.75, 3.05) is 7.11 Å². The Labute approximate surface area is 116 Å². The molecule has 2 rings (SSSR count). The van der Waals surface area contributed by atoms with E-state index in [1.54, 1.807) is 7.11 Å². The van der Waals surface area contributed by atoms with Crippen molar-refractivity contribution < 1.29 is 4.74 Å². The largest absolute Gasteiger partial charge is 0.379 e. The van der Waals surface area contributed by atoms with E-state index in [1.807, 2.05) is 10.9 Å². The van der Waals surface area contributed by atoms with Crippen molar-refractivity contribution in [1.82, 2.24) is 15.2 Å². The lowest BCUT2D eigenvalue weighted by Crippen LogP contribution is -2.40. The molecule has 1 saturated carbocycles. The number of hydrazine groups is 1. The minimum Gasteiger partial charge on any atom is -0.379 e. The van der Waals surface area contributed by atoms with Crippen LogP contribution < -0.4 is 11.3 Å². The molecule has 1 aliphatic carbocycles. The lowest BCUT2D eigenvalue weighted by atomic mass is 10.0. The molecule has 0 aromatic carbocycles. The van der Waals surface area contributed by atoms with E-state index in [0.717, 1.165) is 10.2 Å². The number of nitrogens with two attached hydrogens (primary N) is 1. The predicted octanol–water partition coefficient (Wildman–Crippen LogP) is 2.16. The van der Waals surface area contributed by atoms with E-state index in [4.69, 9.17) is 10.6 Å². The summed E-state index contributed by atoms with van der Waals surface area (Å²) in [5.74, 6) is 6.35. The minimum atomic E-state index is -0.0400. The van der Waals surface area contributed by atoms with Gasteiger partial charge in [0.2, 0.25) is 0 Å². The van der Waals surface area contributed by atoms with Crippen LogP contribution in [0.5, 0.6) is 0 Å². The Balaban J connectivity index is 2.33. The normalized spacial score (nSPS) is 19.2. The van der Waals surface area contributed by atoms with E-state index in [9.17, 15) is 0 Å². The Morgan fingerprint density at radius 3 is 2.67 bits per heavy atom. The van der Waals surface area contributed by atoms with Crippen molar-refractivity contribution in [1.29, 1.82) is 0 Å². The summed E-state index contributed by atoms with van der Waals surface area (Å²) in [5, 5.41) is 4.40. The van der Waals surface area contributed by atoms with Gasteiger partial charge in [-0.15, -0.1) is 0 Å². The number of hydrogen-bond donors (Lipinski definition) is 2. The van der Waals surface area contributed by atoms with E-state index in [-0.39, 0.29) is 12.1 Å². The van der Waals surface area contributed by atoms with Crippen LogP contribution in [0.15, 0.2) is 10.7 Å². The first-order valence-electron chi connectivity index (χ1n) is 6.32. The summed E-state index contributed by atoms with van der Waals surface area (Å²) in [6, 6.07) is 0.251. The van der Waals surface area contributed by atoms with Crippen LogP contribution in [-0.4, -0.2) is 23.0 Å². The first kappa shape index (κ1) is 14.0. The van der Waals surface area contributed by atoms with Crippen molar-refractivity contribution >= 4 is 15.9 Å². The Hall–Kier alpha value is -0.430. The van der Waals surface area contributed by atoms with Crippen LogP contribution in [0.2, 0.25) is 0 Å². The van der Waals surface area contributed by atoms with Crippen molar-refractivity contribution in [3.63, 3.8) is 0 Å². The van der Waals surface area contributed by atoms with E-state index in [0.29, 0.717) is 12.0 Å². The summed E-state index contributed by atoms with van der Waals surface area (Å²) in [6.07, 6.45) is 4.34. The first-order valence-corrected chi connectivity index (χ1v) is 7.11.